The molecule has 0 bridgehead atoms. The summed E-state index contributed by atoms with van der Waals surface area (Å²) in [5.41, 5.74) is 7.29. The Labute approximate surface area is 124 Å². The minimum atomic E-state index is 0.925. The van der Waals surface area contributed by atoms with Crippen molar-refractivity contribution in [1.82, 2.24) is 0 Å². The molecule has 0 aromatic heterocycles. The summed E-state index contributed by atoms with van der Waals surface area (Å²) in [5, 5.41) is 0. The van der Waals surface area contributed by atoms with Crippen LogP contribution in [0.15, 0.2) is 83.9 Å². The van der Waals surface area contributed by atoms with Gasteiger partial charge in [0.05, 0.1) is 11.4 Å². The lowest BCUT2D eigenvalue weighted by atomic mass is 9.99. The Hall–Kier alpha value is -2.67. The van der Waals surface area contributed by atoms with E-state index < -0.39 is 0 Å². The van der Waals surface area contributed by atoms with E-state index in [9.17, 15) is 0 Å². The van der Waals surface area contributed by atoms with Crippen LogP contribution < -0.4 is 0 Å². The van der Waals surface area contributed by atoms with Crippen LogP contribution in [0.5, 0.6) is 0 Å². The molecule has 0 radical (unpaired) electrons. The van der Waals surface area contributed by atoms with Gasteiger partial charge in [0.15, 0.2) is 0 Å². The van der Waals surface area contributed by atoms with Crippen LogP contribution in [0.2, 0.25) is 0 Å². The molecule has 3 aromatic carbocycles. The van der Waals surface area contributed by atoms with Gasteiger partial charge in [0.2, 0.25) is 0 Å². The normalized spacial score (nSPS) is 12.9. The Morgan fingerprint density at radius 3 is 2.19 bits per heavy atom. The molecular formula is C20H15N. The van der Waals surface area contributed by atoms with Crippen LogP contribution in [0.25, 0.3) is 11.1 Å². The Bertz CT molecular complexity index is 816. The molecule has 0 saturated carbocycles. The zero-order valence-corrected chi connectivity index (χ0v) is 11.7. The van der Waals surface area contributed by atoms with E-state index in [2.05, 4.69) is 66.7 Å². The summed E-state index contributed by atoms with van der Waals surface area (Å²) >= 11 is 0. The fraction of sp³-hybridized carbons (Fsp3) is 0.0500. The zero-order valence-electron chi connectivity index (χ0n) is 11.7. The third-order valence-corrected chi connectivity index (χ3v) is 3.91. The maximum atomic E-state index is 4.77. The molecule has 0 N–H and O–H groups in total. The first-order chi connectivity index (χ1) is 10.4. The van der Waals surface area contributed by atoms with Crippen LogP contribution in [-0.2, 0) is 6.42 Å². The molecule has 0 saturated heterocycles. The first-order valence-corrected chi connectivity index (χ1v) is 7.21. The summed E-state index contributed by atoms with van der Waals surface area (Å²) in [7, 11) is 0. The van der Waals surface area contributed by atoms with Crippen LogP contribution in [0.3, 0.4) is 0 Å². The summed E-state index contributed by atoms with van der Waals surface area (Å²) in [5.74, 6) is 0. The van der Waals surface area contributed by atoms with Gasteiger partial charge in [-0.15, -0.1) is 0 Å². The molecule has 0 fully saturated rings. The lowest BCUT2D eigenvalue weighted by molar-refractivity contribution is 1.39. The second-order valence-corrected chi connectivity index (χ2v) is 5.31. The van der Waals surface area contributed by atoms with E-state index in [1.54, 1.807) is 0 Å². The van der Waals surface area contributed by atoms with Crippen molar-refractivity contribution in [2.75, 3.05) is 0 Å². The highest BCUT2D eigenvalue weighted by molar-refractivity contribution is 6.07. The minimum absolute atomic E-state index is 0.925. The van der Waals surface area contributed by atoms with Crippen molar-refractivity contribution in [3.8, 4) is 11.1 Å². The van der Waals surface area contributed by atoms with E-state index in [1.807, 2.05) is 12.1 Å². The standard InChI is InChI=1S/C20H15N/c1-2-7-15(8-3-1)16-10-6-11-17(13-16)20-14-18-9-4-5-12-19(18)21-20/h1-13H,14H2. The van der Waals surface area contributed by atoms with Crippen LogP contribution in [-0.4, -0.2) is 5.71 Å². The lowest BCUT2D eigenvalue weighted by Crippen LogP contribution is -2.00. The van der Waals surface area contributed by atoms with Crippen LogP contribution in [0.1, 0.15) is 11.1 Å². The third-order valence-electron chi connectivity index (χ3n) is 3.91. The number of rotatable bonds is 2. The van der Waals surface area contributed by atoms with Gasteiger partial charge in [0.25, 0.3) is 0 Å². The van der Waals surface area contributed by atoms with Gasteiger partial charge < -0.3 is 0 Å². The fourth-order valence-electron chi connectivity index (χ4n) is 2.81. The molecule has 21 heavy (non-hydrogen) atoms. The van der Waals surface area contributed by atoms with Crippen LogP contribution in [0.4, 0.5) is 5.69 Å². The van der Waals surface area contributed by atoms with E-state index >= 15 is 0 Å². The van der Waals surface area contributed by atoms with Gasteiger partial charge in [-0.1, -0.05) is 66.7 Å². The largest absolute Gasteiger partial charge is 0.252 e. The average molecular weight is 269 g/mol. The molecule has 0 amide bonds. The molecule has 1 heteroatoms. The van der Waals surface area contributed by atoms with Gasteiger partial charge in [-0.05, 0) is 34.4 Å². The number of benzene rings is 3. The highest BCUT2D eigenvalue weighted by Crippen LogP contribution is 2.29. The summed E-state index contributed by atoms with van der Waals surface area (Å²) in [6, 6.07) is 27.5. The molecule has 0 spiro atoms. The van der Waals surface area contributed by atoms with E-state index in [0.29, 0.717) is 0 Å². The molecule has 1 nitrogen and oxygen atoms in total. The molecule has 1 aliphatic heterocycles. The molecular weight excluding hydrogens is 254 g/mol. The van der Waals surface area contributed by atoms with Gasteiger partial charge in [-0.3, -0.25) is 4.99 Å². The predicted octanol–water partition coefficient (Wildman–Crippen LogP) is 5.03. The maximum Gasteiger partial charge on any atom is 0.0669 e. The molecule has 0 unspecified atom stereocenters. The van der Waals surface area contributed by atoms with E-state index in [0.717, 1.165) is 17.8 Å². The molecule has 100 valence electrons. The Morgan fingerprint density at radius 2 is 1.33 bits per heavy atom. The Morgan fingerprint density at radius 1 is 0.619 bits per heavy atom. The number of para-hydroxylation sites is 1. The topological polar surface area (TPSA) is 12.4 Å². The number of nitrogens with zero attached hydrogens (tertiary/aromatic N) is 1. The molecule has 0 aliphatic carbocycles. The van der Waals surface area contributed by atoms with Crippen LogP contribution in [0, 0.1) is 0 Å². The second-order valence-electron chi connectivity index (χ2n) is 5.31. The highest BCUT2D eigenvalue weighted by Gasteiger charge is 2.15. The SMILES string of the molecule is c1ccc(-c2cccc(C3=Nc4ccccc4C3)c2)cc1. The first-order valence-electron chi connectivity index (χ1n) is 7.21. The first kappa shape index (κ1) is 12.1. The van der Waals surface area contributed by atoms with E-state index in [-0.39, 0.29) is 0 Å². The zero-order chi connectivity index (χ0) is 14.1. The molecule has 3 aromatic rings. The number of hydrogen-bond acceptors (Lipinski definition) is 1. The molecule has 4 rings (SSSR count). The molecule has 0 atom stereocenters. The fourth-order valence-corrected chi connectivity index (χ4v) is 2.81. The summed E-state index contributed by atoms with van der Waals surface area (Å²) < 4.78 is 0. The monoisotopic (exact) mass is 269 g/mol. The third kappa shape index (κ3) is 2.27. The van der Waals surface area contributed by atoms with Crippen molar-refractivity contribution in [3.63, 3.8) is 0 Å². The lowest BCUT2D eigenvalue weighted by Gasteiger charge is -2.05. The quantitative estimate of drug-likeness (QED) is 0.618. The second kappa shape index (κ2) is 5.02. The predicted molar refractivity (Wildman–Crippen MR) is 88.2 cm³/mol. The van der Waals surface area contributed by atoms with Gasteiger partial charge in [0.1, 0.15) is 0 Å². The Kier molecular flexibility index (Phi) is 2.89. The van der Waals surface area contributed by atoms with Gasteiger partial charge in [-0.25, -0.2) is 0 Å². The number of fused-ring (bicyclic) bond motifs is 1. The van der Waals surface area contributed by atoms with Crippen molar-refractivity contribution in [1.29, 1.82) is 0 Å². The summed E-state index contributed by atoms with van der Waals surface area (Å²) in [4.78, 5) is 4.77. The van der Waals surface area contributed by atoms with Gasteiger partial charge in [0, 0.05) is 6.42 Å². The van der Waals surface area contributed by atoms with Crippen molar-refractivity contribution in [2.45, 2.75) is 6.42 Å². The average Bonchev–Trinajstić information content (AvgIpc) is 3.00. The Balaban J connectivity index is 1.72. The van der Waals surface area contributed by atoms with Crippen molar-refractivity contribution < 1.29 is 0 Å². The summed E-state index contributed by atoms with van der Waals surface area (Å²) in [6.07, 6.45) is 0.925. The summed E-state index contributed by atoms with van der Waals surface area (Å²) in [6.45, 7) is 0. The molecule has 1 heterocycles. The van der Waals surface area contributed by atoms with E-state index in [4.69, 9.17) is 4.99 Å². The molecule has 1 aliphatic rings. The van der Waals surface area contributed by atoms with Crippen LogP contribution >= 0.6 is 0 Å². The highest BCUT2D eigenvalue weighted by atomic mass is 14.8. The van der Waals surface area contributed by atoms with Gasteiger partial charge >= 0.3 is 0 Å². The minimum Gasteiger partial charge on any atom is -0.252 e. The van der Waals surface area contributed by atoms with Crippen molar-refractivity contribution >= 4 is 11.4 Å². The number of aliphatic imine (C=N–C) groups is 1. The van der Waals surface area contributed by atoms with Crippen molar-refractivity contribution in [3.05, 3.63) is 90.0 Å². The van der Waals surface area contributed by atoms with Crippen molar-refractivity contribution in [2.24, 2.45) is 4.99 Å². The smallest absolute Gasteiger partial charge is 0.0669 e. The maximum absolute atomic E-state index is 4.77. The number of hydrogen-bond donors (Lipinski definition) is 0. The van der Waals surface area contributed by atoms with Gasteiger partial charge in [-0.2, -0.15) is 0 Å². The van der Waals surface area contributed by atoms with E-state index in [1.165, 1.54) is 22.3 Å².